The molecule has 1 aliphatic heterocycles. The van der Waals surface area contributed by atoms with Crippen LogP contribution < -0.4 is 5.73 Å². The van der Waals surface area contributed by atoms with Gasteiger partial charge < -0.3 is 5.73 Å². The van der Waals surface area contributed by atoms with Gasteiger partial charge in [-0.1, -0.05) is 45.4 Å². The van der Waals surface area contributed by atoms with E-state index < -0.39 is 0 Å². The Labute approximate surface area is 134 Å². The molecule has 0 spiro atoms. The SMILES string of the molecule is CC1CCC(C(C)(C)CC2Cc3ccccc3S2)C(N)C1. The maximum Gasteiger partial charge on any atom is 0.0140 e. The highest BCUT2D eigenvalue weighted by atomic mass is 32.2. The fraction of sp³-hybridized carbons (Fsp3) is 0.684. The van der Waals surface area contributed by atoms with Crippen LogP contribution in [0.1, 0.15) is 52.0 Å². The van der Waals surface area contributed by atoms with Crippen LogP contribution in [0.5, 0.6) is 0 Å². The fourth-order valence-corrected chi connectivity index (χ4v) is 6.10. The lowest BCUT2D eigenvalue weighted by atomic mass is 9.65. The predicted molar refractivity (Wildman–Crippen MR) is 92.7 cm³/mol. The van der Waals surface area contributed by atoms with E-state index in [4.69, 9.17) is 5.73 Å². The van der Waals surface area contributed by atoms with E-state index in [-0.39, 0.29) is 0 Å². The molecular formula is C19H29NS. The van der Waals surface area contributed by atoms with E-state index >= 15 is 0 Å². The zero-order chi connectivity index (χ0) is 15.0. The molecule has 1 aliphatic carbocycles. The Kier molecular flexibility index (Phi) is 4.38. The van der Waals surface area contributed by atoms with Crippen molar-refractivity contribution in [2.75, 3.05) is 0 Å². The molecule has 0 amide bonds. The number of fused-ring (bicyclic) bond motifs is 1. The smallest absolute Gasteiger partial charge is 0.0140 e. The van der Waals surface area contributed by atoms with Crippen molar-refractivity contribution in [1.82, 2.24) is 0 Å². The predicted octanol–water partition coefficient (Wildman–Crippen LogP) is 4.88. The van der Waals surface area contributed by atoms with Gasteiger partial charge in [-0.25, -0.2) is 0 Å². The number of benzene rings is 1. The van der Waals surface area contributed by atoms with Crippen molar-refractivity contribution in [3.8, 4) is 0 Å². The molecule has 4 atom stereocenters. The van der Waals surface area contributed by atoms with E-state index in [1.54, 1.807) is 5.56 Å². The molecule has 1 heterocycles. The van der Waals surface area contributed by atoms with Gasteiger partial charge in [-0.05, 0) is 54.6 Å². The highest BCUT2D eigenvalue weighted by Crippen LogP contribution is 2.47. The van der Waals surface area contributed by atoms with Gasteiger partial charge in [0.1, 0.15) is 0 Å². The Morgan fingerprint density at radius 1 is 1.24 bits per heavy atom. The van der Waals surface area contributed by atoms with Crippen molar-refractivity contribution in [2.45, 2.75) is 69.1 Å². The van der Waals surface area contributed by atoms with Gasteiger partial charge in [-0.15, -0.1) is 11.8 Å². The van der Waals surface area contributed by atoms with Gasteiger partial charge in [-0.3, -0.25) is 0 Å². The average molecular weight is 304 g/mol. The van der Waals surface area contributed by atoms with Gasteiger partial charge in [0, 0.05) is 16.2 Å². The molecule has 1 aromatic carbocycles. The normalized spacial score (nSPS) is 33.0. The molecule has 3 rings (SSSR count). The Hall–Kier alpha value is -0.470. The molecule has 1 fully saturated rings. The minimum atomic E-state index is 0.360. The lowest BCUT2D eigenvalue weighted by molar-refractivity contribution is 0.104. The maximum atomic E-state index is 6.51. The van der Waals surface area contributed by atoms with Crippen molar-refractivity contribution >= 4 is 11.8 Å². The Morgan fingerprint density at radius 2 is 2.00 bits per heavy atom. The van der Waals surface area contributed by atoms with Crippen LogP contribution in [-0.2, 0) is 6.42 Å². The molecule has 1 nitrogen and oxygen atoms in total. The molecule has 2 N–H and O–H groups in total. The number of thioether (sulfide) groups is 1. The van der Waals surface area contributed by atoms with Crippen LogP contribution in [0.2, 0.25) is 0 Å². The highest BCUT2D eigenvalue weighted by molar-refractivity contribution is 8.00. The lowest BCUT2D eigenvalue weighted by Gasteiger charge is -2.43. The molecule has 116 valence electrons. The van der Waals surface area contributed by atoms with E-state index in [0.29, 0.717) is 17.4 Å². The average Bonchev–Trinajstić information content (AvgIpc) is 2.79. The molecule has 0 radical (unpaired) electrons. The quantitative estimate of drug-likeness (QED) is 0.861. The fourth-order valence-electron chi connectivity index (χ4n) is 4.50. The number of hydrogen-bond acceptors (Lipinski definition) is 2. The zero-order valence-corrected chi connectivity index (χ0v) is 14.5. The van der Waals surface area contributed by atoms with Crippen LogP contribution in [0.4, 0.5) is 0 Å². The van der Waals surface area contributed by atoms with Crippen molar-refractivity contribution in [1.29, 1.82) is 0 Å². The first kappa shape index (κ1) is 15.4. The minimum absolute atomic E-state index is 0.360. The molecule has 4 unspecified atom stereocenters. The topological polar surface area (TPSA) is 26.0 Å². The van der Waals surface area contributed by atoms with Crippen molar-refractivity contribution in [3.05, 3.63) is 29.8 Å². The monoisotopic (exact) mass is 303 g/mol. The highest BCUT2D eigenvalue weighted by Gasteiger charge is 2.39. The molecule has 1 aromatic rings. The summed E-state index contributed by atoms with van der Waals surface area (Å²) in [7, 11) is 0. The first-order chi connectivity index (χ1) is 9.95. The second-order valence-electron chi connectivity index (χ2n) is 7.93. The van der Waals surface area contributed by atoms with Gasteiger partial charge in [-0.2, -0.15) is 0 Å². The van der Waals surface area contributed by atoms with Crippen LogP contribution in [0.15, 0.2) is 29.2 Å². The number of nitrogens with two attached hydrogens (primary N) is 1. The van der Waals surface area contributed by atoms with Crippen molar-refractivity contribution < 1.29 is 0 Å². The van der Waals surface area contributed by atoms with E-state index in [0.717, 1.165) is 11.2 Å². The van der Waals surface area contributed by atoms with Crippen LogP contribution >= 0.6 is 11.8 Å². The molecule has 0 aromatic heterocycles. The second kappa shape index (κ2) is 5.96. The Balaban J connectivity index is 1.64. The third-order valence-electron chi connectivity index (χ3n) is 5.63. The maximum absolute atomic E-state index is 6.51. The van der Waals surface area contributed by atoms with E-state index in [1.807, 2.05) is 0 Å². The van der Waals surface area contributed by atoms with Gasteiger partial charge in [0.05, 0.1) is 0 Å². The molecule has 2 aliphatic rings. The lowest BCUT2D eigenvalue weighted by Crippen LogP contribution is -2.44. The summed E-state index contributed by atoms with van der Waals surface area (Å²) >= 11 is 2.09. The summed E-state index contributed by atoms with van der Waals surface area (Å²) in [5.74, 6) is 1.51. The summed E-state index contributed by atoms with van der Waals surface area (Å²) < 4.78 is 0. The molecule has 1 saturated carbocycles. The van der Waals surface area contributed by atoms with Gasteiger partial charge >= 0.3 is 0 Å². The van der Waals surface area contributed by atoms with Crippen molar-refractivity contribution in [2.24, 2.45) is 23.0 Å². The Morgan fingerprint density at radius 3 is 2.71 bits per heavy atom. The van der Waals surface area contributed by atoms with Crippen LogP contribution in [0.3, 0.4) is 0 Å². The summed E-state index contributed by atoms with van der Waals surface area (Å²) in [4.78, 5) is 1.50. The molecular weight excluding hydrogens is 274 g/mol. The number of hydrogen-bond donors (Lipinski definition) is 1. The van der Waals surface area contributed by atoms with Crippen LogP contribution in [-0.4, -0.2) is 11.3 Å². The third-order valence-corrected chi connectivity index (χ3v) is 6.95. The second-order valence-corrected chi connectivity index (χ2v) is 9.28. The minimum Gasteiger partial charge on any atom is -0.327 e. The first-order valence-electron chi connectivity index (χ1n) is 8.46. The van der Waals surface area contributed by atoms with Gasteiger partial charge in [0.15, 0.2) is 0 Å². The summed E-state index contributed by atoms with van der Waals surface area (Å²) in [6, 6.07) is 9.31. The largest absolute Gasteiger partial charge is 0.327 e. The molecule has 21 heavy (non-hydrogen) atoms. The van der Waals surface area contributed by atoms with Crippen LogP contribution in [0.25, 0.3) is 0 Å². The van der Waals surface area contributed by atoms with E-state index in [2.05, 4.69) is 56.8 Å². The van der Waals surface area contributed by atoms with Crippen molar-refractivity contribution in [3.63, 3.8) is 0 Å². The summed E-state index contributed by atoms with van der Waals surface area (Å²) in [5, 5.41) is 0.740. The van der Waals surface area contributed by atoms with Gasteiger partial charge in [0.25, 0.3) is 0 Å². The molecule has 0 saturated heterocycles. The van der Waals surface area contributed by atoms with Gasteiger partial charge in [0.2, 0.25) is 0 Å². The zero-order valence-electron chi connectivity index (χ0n) is 13.6. The first-order valence-corrected chi connectivity index (χ1v) is 9.34. The summed E-state index contributed by atoms with van der Waals surface area (Å²) in [6.45, 7) is 7.26. The number of rotatable bonds is 3. The third kappa shape index (κ3) is 3.32. The van der Waals surface area contributed by atoms with E-state index in [9.17, 15) is 0 Å². The van der Waals surface area contributed by atoms with Crippen LogP contribution in [0, 0.1) is 17.3 Å². The Bertz CT molecular complexity index is 471. The molecule has 0 bridgehead atoms. The summed E-state index contributed by atoms with van der Waals surface area (Å²) in [6.07, 6.45) is 6.42. The van der Waals surface area contributed by atoms with E-state index in [1.165, 1.54) is 37.0 Å². The summed E-state index contributed by atoms with van der Waals surface area (Å²) in [5.41, 5.74) is 8.41. The molecule has 2 heteroatoms. The standard InChI is InChI=1S/C19H29NS/c1-13-8-9-16(17(20)10-13)19(2,3)12-15-11-14-6-4-5-7-18(14)21-15/h4-7,13,15-17H,8-12,20H2,1-3H3.